The fraction of sp³-hybridized carbons (Fsp3) is 0.241. The van der Waals surface area contributed by atoms with Crippen molar-refractivity contribution in [2.45, 2.75) is 26.8 Å². The van der Waals surface area contributed by atoms with Gasteiger partial charge in [0.25, 0.3) is 11.7 Å². The number of hydrogen-bond donors (Lipinski definition) is 1. The molecule has 1 unspecified atom stereocenters. The van der Waals surface area contributed by atoms with Crippen molar-refractivity contribution in [2.24, 2.45) is 0 Å². The highest BCUT2D eigenvalue weighted by Gasteiger charge is 2.47. The molecule has 3 aromatic carbocycles. The Morgan fingerprint density at radius 2 is 1.70 bits per heavy atom. The molecule has 0 spiro atoms. The third-order valence-corrected chi connectivity index (χ3v) is 7.03. The molecule has 6 nitrogen and oxygen atoms in total. The van der Waals surface area contributed by atoms with Gasteiger partial charge in [-0.25, -0.2) is 0 Å². The van der Waals surface area contributed by atoms with Gasteiger partial charge < -0.3 is 14.7 Å². The molecule has 1 amide bonds. The Bertz CT molecular complexity index is 1380. The molecule has 1 saturated heterocycles. The van der Waals surface area contributed by atoms with Crippen LogP contribution >= 0.6 is 23.2 Å². The molecule has 4 rings (SSSR count). The summed E-state index contributed by atoms with van der Waals surface area (Å²) in [6.45, 7) is 7.74. The number of ether oxygens (including phenoxy) is 1. The number of nitrogens with zero attached hydrogens (tertiary/aromatic N) is 2. The summed E-state index contributed by atoms with van der Waals surface area (Å²) in [6, 6.07) is 17.1. The molecule has 1 heterocycles. The van der Waals surface area contributed by atoms with Gasteiger partial charge in [0.2, 0.25) is 0 Å². The molecule has 3 aromatic rings. The minimum atomic E-state index is -0.880. The monoisotopic (exact) mass is 538 g/mol. The number of benzene rings is 3. The molecule has 37 heavy (non-hydrogen) atoms. The van der Waals surface area contributed by atoms with Crippen molar-refractivity contribution < 1.29 is 19.4 Å². The van der Waals surface area contributed by atoms with Gasteiger partial charge >= 0.3 is 0 Å². The van der Waals surface area contributed by atoms with Crippen molar-refractivity contribution >= 4 is 52.0 Å². The quantitative estimate of drug-likeness (QED) is 0.204. The Kier molecular flexibility index (Phi) is 7.81. The van der Waals surface area contributed by atoms with E-state index in [-0.39, 0.29) is 26.9 Å². The number of ketones is 1. The van der Waals surface area contributed by atoms with E-state index in [1.807, 2.05) is 49.4 Å². The summed E-state index contributed by atoms with van der Waals surface area (Å²) in [5.41, 5.74) is 3.23. The van der Waals surface area contributed by atoms with Gasteiger partial charge in [0.15, 0.2) is 0 Å². The molecule has 1 aliphatic rings. The van der Waals surface area contributed by atoms with Gasteiger partial charge in [-0.2, -0.15) is 0 Å². The second kappa shape index (κ2) is 10.9. The average molecular weight is 539 g/mol. The van der Waals surface area contributed by atoms with Crippen LogP contribution in [0.5, 0.6) is 5.75 Å². The van der Waals surface area contributed by atoms with Crippen LogP contribution in [0.1, 0.15) is 36.6 Å². The maximum atomic E-state index is 13.5. The van der Waals surface area contributed by atoms with E-state index < -0.39 is 23.5 Å². The first kappa shape index (κ1) is 26.6. The number of hydrogen-bond acceptors (Lipinski definition) is 5. The average Bonchev–Trinajstić information content (AvgIpc) is 3.14. The van der Waals surface area contributed by atoms with Crippen molar-refractivity contribution in [3.8, 4) is 5.75 Å². The van der Waals surface area contributed by atoms with Crippen LogP contribution in [0.2, 0.25) is 10.0 Å². The number of methoxy groups -OCH3 is 1. The zero-order valence-electron chi connectivity index (χ0n) is 21.1. The van der Waals surface area contributed by atoms with Gasteiger partial charge in [-0.05, 0) is 68.3 Å². The maximum absolute atomic E-state index is 13.5. The van der Waals surface area contributed by atoms with Crippen LogP contribution in [0.25, 0.3) is 5.76 Å². The smallest absolute Gasteiger partial charge is 0.300 e. The molecule has 1 aliphatic heterocycles. The molecule has 0 bridgehead atoms. The number of amides is 1. The Balaban J connectivity index is 1.97. The lowest BCUT2D eigenvalue weighted by Gasteiger charge is -2.27. The van der Waals surface area contributed by atoms with Crippen molar-refractivity contribution in [2.75, 3.05) is 30.0 Å². The number of carbonyl (C=O) groups is 2. The summed E-state index contributed by atoms with van der Waals surface area (Å²) in [4.78, 5) is 30.5. The Hall–Kier alpha value is -3.48. The van der Waals surface area contributed by atoms with E-state index in [0.717, 1.165) is 24.3 Å². The number of rotatable bonds is 7. The van der Waals surface area contributed by atoms with Crippen molar-refractivity contribution in [1.29, 1.82) is 0 Å². The molecular formula is C29H28Cl2N2O4. The molecule has 0 aromatic heterocycles. The summed E-state index contributed by atoms with van der Waals surface area (Å²) >= 11 is 12.5. The summed E-state index contributed by atoms with van der Waals surface area (Å²) < 4.78 is 5.41. The van der Waals surface area contributed by atoms with Gasteiger partial charge in [0.05, 0.1) is 29.3 Å². The number of aliphatic hydroxyl groups is 1. The van der Waals surface area contributed by atoms with Crippen LogP contribution in [0, 0.1) is 6.92 Å². The zero-order chi connectivity index (χ0) is 26.9. The molecule has 1 N–H and O–H groups in total. The van der Waals surface area contributed by atoms with Crippen molar-refractivity contribution in [3.05, 3.63) is 93.0 Å². The molecule has 1 fully saturated rings. The second-order valence-corrected chi connectivity index (χ2v) is 9.58. The predicted octanol–water partition coefficient (Wildman–Crippen LogP) is 6.78. The fourth-order valence-electron chi connectivity index (χ4n) is 4.74. The van der Waals surface area contributed by atoms with E-state index in [0.29, 0.717) is 11.3 Å². The SMILES string of the molecule is CCN(CC)c1ccc(C2/C(=C(\O)c3cc(Cl)cc(Cl)c3OC)C(=O)C(=O)N2c2cccc(C)c2)cc1. The van der Waals surface area contributed by atoms with Crippen LogP contribution in [0.15, 0.2) is 66.2 Å². The topological polar surface area (TPSA) is 70.1 Å². The Morgan fingerprint density at radius 1 is 1.03 bits per heavy atom. The standard InChI is InChI=1S/C29H28Cl2N2O4/c1-5-32(6-2)20-12-10-18(11-13-20)25-24(26(34)22-15-19(30)16-23(31)28(22)37-4)27(35)29(36)33(25)21-9-7-8-17(3)14-21/h7-16,25,34H,5-6H2,1-4H3/b26-24+. The Morgan fingerprint density at radius 3 is 2.30 bits per heavy atom. The molecule has 8 heteroatoms. The van der Waals surface area contributed by atoms with Gasteiger partial charge in [-0.15, -0.1) is 0 Å². The van der Waals surface area contributed by atoms with E-state index in [9.17, 15) is 14.7 Å². The van der Waals surface area contributed by atoms with Gasteiger partial charge in [-0.1, -0.05) is 47.5 Å². The number of anilines is 2. The van der Waals surface area contributed by atoms with Crippen LogP contribution in [-0.2, 0) is 9.59 Å². The van der Waals surface area contributed by atoms with Crippen molar-refractivity contribution in [3.63, 3.8) is 0 Å². The largest absolute Gasteiger partial charge is 0.507 e. The van der Waals surface area contributed by atoms with E-state index in [1.54, 1.807) is 6.07 Å². The van der Waals surface area contributed by atoms with Gasteiger partial charge in [-0.3, -0.25) is 14.5 Å². The first-order valence-corrected chi connectivity index (χ1v) is 12.7. The third kappa shape index (κ3) is 4.91. The molecule has 0 aliphatic carbocycles. The van der Waals surface area contributed by atoms with E-state index >= 15 is 0 Å². The van der Waals surface area contributed by atoms with Crippen LogP contribution in [-0.4, -0.2) is 37.0 Å². The molecular weight excluding hydrogens is 511 g/mol. The third-order valence-electron chi connectivity index (χ3n) is 6.53. The lowest BCUT2D eigenvalue weighted by molar-refractivity contribution is -0.132. The zero-order valence-corrected chi connectivity index (χ0v) is 22.6. The van der Waals surface area contributed by atoms with E-state index in [2.05, 4.69) is 18.7 Å². The highest BCUT2D eigenvalue weighted by atomic mass is 35.5. The molecule has 0 radical (unpaired) electrons. The summed E-state index contributed by atoms with van der Waals surface area (Å²) in [7, 11) is 1.40. The number of aryl methyl sites for hydroxylation is 1. The number of carbonyl (C=O) groups excluding carboxylic acids is 2. The summed E-state index contributed by atoms with van der Waals surface area (Å²) in [5, 5.41) is 11.9. The van der Waals surface area contributed by atoms with Crippen LogP contribution in [0.3, 0.4) is 0 Å². The number of Topliss-reactive ketones (excluding diaryl/α,β-unsaturated/α-hetero) is 1. The highest BCUT2D eigenvalue weighted by molar-refractivity contribution is 6.52. The maximum Gasteiger partial charge on any atom is 0.300 e. The molecule has 192 valence electrons. The minimum absolute atomic E-state index is 0.0706. The number of halogens is 2. The Labute approximate surface area is 226 Å². The van der Waals surface area contributed by atoms with E-state index in [4.69, 9.17) is 27.9 Å². The molecule has 0 saturated carbocycles. The normalized spacial score (nSPS) is 16.8. The lowest BCUT2D eigenvalue weighted by atomic mass is 9.94. The highest BCUT2D eigenvalue weighted by Crippen LogP contribution is 2.45. The lowest BCUT2D eigenvalue weighted by Crippen LogP contribution is -2.29. The van der Waals surface area contributed by atoms with Crippen LogP contribution < -0.4 is 14.5 Å². The van der Waals surface area contributed by atoms with E-state index in [1.165, 1.54) is 24.1 Å². The summed E-state index contributed by atoms with van der Waals surface area (Å²) in [6.07, 6.45) is 0. The predicted molar refractivity (Wildman–Crippen MR) is 149 cm³/mol. The molecule has 1 atom stereocenters. The van der Waals surface area contributed by atoms with Crippen molar-refractivity contribution in [1.82, 2.24) is 0 Å². The summed E-state index contributed by atoms with van der Waals surface area (Å²) in [5.74, 6) is -1.81. The fourth-order valence-corrected chi connectivity index (χ4v) is 5.31. The first-order chi connectivity index (χ1) is 17.7. The number of aliphatic hydroxyl groups excluding tert-OH is 1. The van der Waals surface area contributed by atoms with Gasteiger partial charge in [0, 0.05) is 29.5 Å². The minimum Gasteiger partial charge on any atom is -0.507 e. The van der Waals surface area contributed by atoms with Crippen LogP contribution in [0.4, 0.5) is 11.4 Å². The first-order valence-electron chi connectivity index (χ1n) is 12.0. The second-order valence-electron chi connectivity index (χ2n) is 8.74. The van der Waals surface area contributed by atoms with Gasteiger partial charge in [0.1, 0.15) is 11.5 Å².